The molecule has 2 unspecified atom stereocenters. The maximum Gasteiger partial charge on any atom is 0.0637 e. The van der Waals surface area contributed by atoms with Crippen molar-refractivity contribution in [1.29, 1.82) is 0 Å². The first-order chi connectivity index (χ1) is 8.34. The summed E-state index contributed by atoms with van der Waals surface area (Å²) in [6.07, 6.45) is 5.33. The second-order valence-electron chi connectivity index (χ2n) is 5.12. The van der Waals surface area contributed by atoms with E-state index in [1.165, 1.54) is 38.8 Å². The van der Waals surface area contributed by atoms with Gasteiger partial charge in [0, 0.05) is 18.6 Å². The molecule has 3 rings (SSSR count). The molecule has 0 bridgehead atoms. The zero-order valence-electron chi connectivity index (χ0n) is 10.0. The molecule has 0 spiro atoms. The minimum atomic E-state index is 0.579. The Bertz CT molecular complexity index is 394. The molecule has 2 aliphatic rings. The molecule has 2 aliphatic heterocycles. The normalized spacial score (nSPS) is 29.0. The number of para-hydroxylation sites is 1. The Morgan fingerprint density at radius 2 is 2.00 bits per heavy atom. The Morgan fingerprint density at radius 3 is 2.88 bits per heavy atom. The summed E-state index contributed by atoms with van der Waals surface area (Å²) < 4.78 is 0. The van der Waals surface area contributed by atoms with Crippen LogP contribution < -0.4 is 5.32 Å². The van der Waals surface area contributed by atoms with Gasteiger partial charge in [0.1, 0.15) is 0 Å². The van der Waals surface area contributed by atoms with Crippen molar-refractivity contribution in [3.63, 3.8) is 0 Å². The third-order valence-electron chi connectivity index (χ3n) is 4.07. The lowest BCUT2D eigenvalue weighted by Crippen LogP contribution is -2.41. The fraction of sp³-hybridized carbons (Fsp3) is 0.571. The molecule has 1 aromatic rings. The zero-order chi connectivity index (χ0) is 11.7. The predicted octanol–water partition coefficient (Wildman–Crippen LogP) is 3.38. The number of nitrogens with one attached hydrogen (secondary N) is 1. The van der Waals surface area contributed by atoms with Crippen LogP contribution in [0.1, 0.15) is 25.7 Å². The van der Waals surface area contributed by atoms with Crippen molar-refractivity contribution in [2.24, 2.45) is 0 Å². The van der Waals surface area contributed by atoms with Gasteiger partial charge in [-0.15, -0.1) is 0 Å². The van der Waals surface area contributed by atoms with Crippen LogP contribution in [0.15, 0.2) is 24.3 Å². The lowest BCUT2D eigenvalue weighted by molar-refractivity contribution is 0.193. The number of hydrogen-bond acceptors (Lipinski definition) is 2. The molecule has 1 N–H and O–H groups in total. The Balaban J connectivity index is 1.71. The van der Waals surface area contributed by atoms with Gasteiger partial charge in [0.25, 0.3) is 0 Å². The Labute approximate surface area is 108 Å². The van der Waals surface area contributed by atoms with Gasteiger partial charge in [-0.1, -0.05) is 30.2 Å². The van der Waals surface area contributed by atoms with E-state index in [0.717, 1.165) is 16.8 Å². The Kier molecular flexibility index (Phi) is 3.26. The van der Waals surface area contributed by atoms with E-state index >= 15 is 0 Å². The number of halogens is 1. The van der Waals surface area contributed by atoms with Crippen molar-refractivity contribution in [3.8, 4) is 0 Å². The summed E-state index contributed by atoms with van der Waals surface area (Å²) in [6.45, 7) is 2.53. The summed E-state index contributed by atoms with van der Waals surface area (Å²) in [4.78, 5) is 2.64. The third kappa shape index (κ3) is 2.29. The van der Waals surface area contributed by atoms with Crippen LogP contribution in [-0.4, -0.2) is 30.1 Å². The van der Waals surface area contributed by atoms with Crippen molar-refractivity contribution < 1.29 is 0 Å². The lowest BCUT2D eigenvalue weighted by atomic mass is 9.99. The Hall–Kier alpha value is -0.730. The Morgan fingerprint density at radius 1 is 1.12 bits per heavy atom. The van der Waals surface area contributed by atoms with Crippen molar-refractivity contribution in [1.82, 2.24) is 4.90 Å². The van der Waals surface area contributed by atoms with Crippen molar-refractivity contribution in [2.75, 3.05) is 18.4 Å². The average Bonchev–Trinajstić information content (AvgIpc) is 2.76. The molecule has 2 fully saturated rings. The average molecular weight is 251 g/mol. The van der Waals surface area contributed by atoms with E-state index < -0.39 is 0 Å². The van der Waals surface area contributed by atoms with Gasteiger partial charge in [-0.3, -0.25) is 4.90 Å². The van der Waals surface area contributed by atoms with Gasteiger partial charge in [0.05, 0.1) is 10.7 Å². The minimum Gasteiger partial charge on any atom is -0.379 e. The van der Waals surface area contributed by atoms with E-state index in [1.807, 2.05) is 18.2 Å². The first-order valence-electron chi connectivity index (χ1n) is 6.60. The number of hydrogen-bond donors (Lipinski definition) is 1. The van der Waals surface area contributed by atoms with Crippen LogP contribution in [0, 0.1) is 0 Å². The quantitative estimate of drug-likeness (QED) is 0.866. The van der Waals surface area contributed by atoms with Crippen LogP contribution in [0.4, 0.5) is 5.69 Å². The lowest BCUT2D eigenvalue weighted by Gasteiger charge is -2.33. The summed E-state index contributed by atoms with van der Waals surface area (Å²) in [7, 11) is 0. The molecule has 2 heterocycles. The highest BCUT2D eigenvalue weighted by Gasteiger charge is 2.35. The maximum absolute atomic E-state index is 6.20. The summed E-state index contributed by atoms with van der Waals surface area (Å²) in [5, 5.41) is 4.47. The molecule has 0 aliphatic carbocycles. The van der Waals surface area contributed by atoms with Gasteiger partial charge < -0.3 is 5.32 Å². The molecule has 2 saturated heterocycles. The van der Waals surface area contributed by atoms with E-state index in [-0.39, 0.29) is 0 Å². The van der Waals surface area contributed by atoms with Gasteiger partial charge in [-0.2, -0.15) is 0 Å². The van der Waals surface area contributed by atoms with Crippen LogP contribution in [0.25, 0.3) is 0 Å². The van der Waals surface area contributed by atoms with Crippen LogP contribution in [-0.2, 0) is 0 Å². The molecule has 0 aromatic heterocycles. The highest BCUT2D eigenvalue weighted by molar-refractivity contribution is 6.33. The number of piperidine rings is 1. The largest absolute Gasteiger partial charge is 0.379 e. The predicted molar refractivity (Wildman–Crippen MR) is 72.7 cm³/mol. The topological polar surface area (TPSA) is 15.3 Å². The second-order valence-corrected chi connectivity index (χ2v) is 5.53. The van der Waals surface area contributed by atoms with Crippen LogP contribution in [0.5, 0.6) is 0 Å². The second kappa shape index (κ2) is 4.87. The monoisotopic (exact) mass is 250 g/mol. The van der Waals surface area contributed by atoms with E-state index in [1.54, 1.807) is 0 Å². The van der Waals surface area contributed by atoms with Gasteiger partial charge in [-0.25, -0.2) is 0 Å². The van der Waals surface area contributed by atoms with E-state index in [2.05, 4.69) is 16.3 Å². The van der Waals surface area contributed by atoms with Crippen LogP contribution in [0.3, 0.4) is 0 Å². The molecule has 0 radical (unpaired) electrons. The number of fused-ring (bicyclic) bond motifs is 1. The molecule has 0 amide bonds. The van der Waals surface area contributed by atoms with Gasteiger partial charge in [0.2, 0.25) is 0 Å². The molecule has 17 heavy (non-hydrogen) atoms. The molecule has 92 valence electrons. The summed E-state index contributed by atoms with van der Waals surface area (Å²) in [5.41, 5.74) is 1.09. The van der Waals surface area contributed by atoms with E-state index in [4.69, 9.17) is 11.6 Å². The maximum atomic E-state index is 6.20. The molecule has 2 atom stereocenters. The smallest absolute Gasteiger partial charge is 0.0637 e. The first kappa shape index (κ1) is 11.4. The molecular weight excluding hydrogens is 232 g/mol. The number of benzene rings is 1. The van der Waals surface area contributed by atoms with Crippen molar-refractivity contribution in [3.05, 3.63) is 29.3 Å². The fourth-order valence-electron chi connectivity index (χ4n) is 3.19. The van der Waals surface area contributed by atoms with Gasteiger partial charge in [-0.05, 0) is 37.9 Å². The highest BCUT2D eigenvalue weighted by atomic mass is 35.5. The van der Waals surface area contributed by atoms with Crippen molar-refractivity contribution in [2.45, 2.75) is 37.8 Å². The van der Waals surface area contributed by atoms with Crippen molar-refractivity contribution >= 4 is 17.3 Å². The summed E-state index contributed by atoms with van der Waals surface area (Å²) in [5.74, 6) is 0. The molecule has 0 saturated carbocycles. The molecule has 3 heteroatoms. The SMILES string of the molecule is Clc1ccccc1NC1CCN2CCCCC12. The molecule has 1 aromatic carbocycles. The van der Waals surface area contributed by atoms with E-state index in [0.29, 0.717) is 6.04 Å². The van der Waals surface area contributed by atoms with Crippen LogP contribution >= 0.6 is 11.6 Å². The number of rotatable bonds is 2. The molecule has 2 nitrogen and oxygen atoms in total. The van der Waals surface area contributed by atoms with Gasteiger partial charge >= 0.3 is 0 Å². The number of anilines is 1. The highest BCUT2D eigenvalue weighted by Crippen LogP contribution is 2.31. The standard InChI is InChI=1S/C14H19ClN2/c15-11-5-1-2-6-12(11)16-13-8-10-17-9-4-3-7-14(13)17/h1-2,5-6,13-14,16H,3-4,7-10H2. The number of nitrogens with zero attached hydrogens (tertiary/aromatic N) is 1. The summed E-state index contributed by atoms with van der Waals surface area (Å²) in [6, 6.07) is 9.36. The fourth-order valence-corrected chi connectivity index (χ4v) is 3.38. The van der Waals surface area contributed by atoms with Crippen LogP contribution in [0.2, 0.25) is 5.02 Å². The summed E-state index contributed by atoms with van der Waals surface area (Å²) >= 11 is 6.20. The van der Waals surface area contributed by atoms with E-state index in [9.17, 15) is 0 Å². The zero-order valence-corrected chi connectivity index (χ0v) is 10.8. The minimum absolute atomic E-state index is 0.579. The molecular formula is C14H19ClN2. The van der Waals surface area contributed by atoms with Gasteiger partial charge in [0.15, 0.2) is 0 Å². The third-order valence-corrected chi connectivity index (χ3v) is 4.40. The first-order valence-corrected chi connectivity index (χ1v) is 6.97.